The zero-order valence-electron chi connectivity index (χ0n) is 23.8. The third-order valence-electron chi connectivity index (χ3n) is 7.65. The highest BCUT2D eigenvalue weighted by molar-refractivity contribution is 8.00. The number of ether oxygens (including phenoxy) is 2. The van der Waals surface area contributed by atoms with Gasteiger partial charge in [-0.2, -0.15) is 5.10 Å². The largest absolute Gasteiger partial charge is 0.497 e. The van der Waals surface area contributed by atoms with E-state index < -0.39 is 0 Å². The van der Waals surface area contributed by atoms with Crippen molar-refractivity contribution < 1.29 is 19.1 Å². The molecule has 0 aliphatic carbocycles. The Morgan fingerprint density at radius 1 is 1.10 bits per heavy atom. The summed E-state index contributed by atoms with van der Waals surface area (Å²) in [6.45, 7) is 3.10. The van der Waals surface area contributed by atoms with Crippen LogP contribution in [0.5, 0.6) is 5.75 Å². The van der Waals surface area contributed by atoms with E-state index in [1.165, 1.54) is 0 Å². The van der Waals surface area contributed by atoms with Crippen LogP contribution in [0.15, 0.2) is 78.9 Å². The van der Waals surface area contributed by atoms with E-state index in [-0.39, 0.29) is 35.5 Å². The molecule has 3 heterocycles. The van der Waals surface area contributed by atoms with Gasteiger partial charge in [-0.1, -0.05) is 60.2 Å². The first kappa shape index (κ1) is 28.1. The summed E-state index contributed by atoms with van der Waals surface area (Å²) in [5, 5.41) is 7.97. The minimum atomic E-state index is -0.229. The average Bonchev–Trinajstić information content (AvgIpc) is 3.65. The van der Waals surface area contributed by atoms with Gasteiger partial charge < -0.3 is 14.8 Å². The van der Waals surface area contributed by atoms with Crippen molar-refractivity contribution in [2.45, 2.75) is 31.1 Å². The molecule has 1 fully saturated rings. The fraction of sp³-hybridized carbons (Fsp3) is 0.303. The van der Waals surface area contributed by atoms with E-state index in [9.17, 15) is 9.59 Å². The summed E-state index contributed by atoms with van der Waals surface area (Å²) in [6.07, 6.45) is 1.93. The van der Waals surface area contributed by atoms with E-state index in [0.717, 1.165) is 58.8 Å². The number of nitrogens with one attached hydrogen (secondary N) is 1. The van der Waals surface area contributed by atoms with E-state index in [2.05, 4.69) is 30.4 Å². The average molecular weight is 583 g/mol. The van der Waals surface area contributed by atoms with Gasteiger partial charge in [0, 0.05) is 24.3 Å². The number of carbonyl (C=O) groups is 2. The summed E-state index contributed by atoms with van der Waals surface area (Å²) < 4.78 is 12.9. The van der Waals surface area contributed by atoms with Crippen LogP contribution < -0.4 is 15.0 Å². The molecule has 1 aromatic heterocycles. The van der Waals surface area contributed by atoms with Crippen molar-refractivity contribution >= 4 is 29.4 Å². The SMILES string of the molecule is COc1ccc(-n2nc(-c3ccccc3)c3c2N(CC(=O)NC[C@@H]2CCCO2)C(=O)CS[C@@H]3c2cccc(C)c2)cc1. The van der Waals surface area contributed by atoms with Crippen molar-refractivity contribution in [3.05, 3.63) is 95.6 Å². The molecule has 3 aromatic carbocycles. The highest BCUT2D eigenvalue weighted by Gasteiger charge is 2.37. The number of aryl methyl sites for hydroxylation is 1. The molecule has 2 aliphatic rings. The molecule has 2 atom stereocenters. The number of carbonyl (C=O) groups excluding carboxylic acids is 2. The number of methoxy groups -OCH3 is 1. The van der Waals surface area contributed by atoms with Gasteiger partial charge in [-0.15, -0.1) is 11.8 Å². The molecular weight excluding hydrogens is 548 g/mol. The first-order valence-electron chi connectivity index (χ1n) is 14.2. The molecule has 6 rings (SSSR count). The molecule has 0 spiro atoms. The number of thioether (sulfide) groups is 1. The van der Waals surface area contributed by atoms with Gasteiger partial charge in [0.15, 0.2) is 0 Å². The summed E-state index contributed by atoms with van der Waals surface area (Å²) in [6, 6.07) is 26.0. The molecule has 9 heteroatoms. The highest BCUT2D eigenvalue weighted by atomic mass is 32.2. The summed E-state index contributed by atoms with van der Waals surface area (Å²) in [5.41, 5.74) is 5.62. The molecule has 1 N–H and O–H groups in total. The maximum absolute atomic E-state index is 13.9. The summed E-state index contributed by atoms with van der Waals surface area (Å²) in [7, 11) is 1.63. The van der Waals surface area contributed by atoms with Crippen LogP contribution in [0.2, 0.25) is 0 Å². The van der Waals surface area contributed by atoms with Crippen LogP contribution >= 0.6 is 11.8 Å². The molecule has 0 unspecified atom stereocenters. The van der Waals surface area contributed by atoms with E-state index >= 15 is 0 Å². The smallest absolute Gasteiger partial charge is 0.240 e. The van der Waals surface area contributed by atoms with Crippen LogP contribution in [-0.4, -0.2) is 60.3 Å². The first-order chi connectivity index (χ1) is 20.5. The van der Waals surface area contributed by atoms with Gasteiger partial charge in [0.1, 0.15) is 18.1 Å². The van der Waals surface area contributed by atoms with Crippen LogP contribution in [0.3, 0.4) is 0 Å². The van der Waals surface area contributed by atoms with E-state index in [0.29, 0.717) is 12.4 Å². The summed E-state index contributed by atoms with van der Waals surface area (Å²) in [5.74, 6) is 1.18. The molecule has 2 aliphatic heterocycles. The zero-order valence-corrected chi connectivity index (χ0v) is 24.6. The minimum absolute atomic E-state index is 0.0140. The Hall–Kier alpha value is -4.08. The standard InChI is InChI=1S/C33H34N4O4S/c1-22-8-6-11-24(18-22)32-30-31(23-9-4-3-5-10-23)35-37(25-13-15-26(40-2)16-14-25)33(30)36(29(39)21-42-32)20-28(38)34-19-27-12-7-17-41-27/h3-6,8-11,13-16,18,27,32H,7,12,17,19-21H2,1-2H3,(H,34,38)/t27-,32+/m0/s1. The van der Waals surface area contributed by atoms with Crippen molar-refractivity contribution in [2.24, 2.45) is 0 Å². The maximum Gasteiger partial charge on any atom is 0.240 e. The van der Waals surface area contributed by atoms with Crippen LogP contribution in [0.25, 0.3) is 16.9 Å². The van der Waals surface area contributed by atoms with Gasteiger partial charge in [-0.05, 0) is 49.6 Å². The quantitative estimate of drug-likeness (QED) is 0.303. The summed E-state index contributed by atoms with van der Waals surface area (Å²) in [4.78, 5) is 28.8. The lowest BCUT2D eigenvalue weighted by molar-refractivity contribution is -0.123. The van der Waals surface area contributed by atoms with Crippen LogP contribution in [-0.2, 0) is 14.3 Å². The Morgan fingerprint density at radius 3 is 2.62 bits per heavy atom. The lowest BCUT2D eigenvalue weighted by Gasteiger charge is -2.23. The second-order valence-corrected chi connectivity index (χ2v) is 11.7. The van der Waals surface area contributed by atoms with E-state index in [4.69, 9.17) is 14.6 Å². The van der Waals surface area contributed by atoms with Gasteiger partial charge >= 0.3 is 0 Å². The van der Waals surface area contributed by atoms with Gasteiger partial charge in [0.25, 0.3) is 0 Å². The van der Waals surface area contributed by atoms with Gasteiger partial charge in [-0.25, -0.2) is 4.68 Å². The first-order valence-corrected chi connectivity index (χ1v) is 15.3. The Labute approximate surface area is 250 Å². The van der Waals surface area contributed by atoms with Crippen LogP contribution in [0.1, 0.15) is 34.8 Å². The number of benzene rings is 3. The fourth-order valence-electron chi connectivity index (χ4n) is 5.56. The number of hydrogen-bond acceptors (Lipinski definition) is 6. The number of amides is 2. The summed E-state index contributed by atoms with van der Waals surface area (Å²) >= 11 is 1.57. The van der Waals surface area contributed by atoms with Crippen molar-refractivity contribution in [3.8, 4) is 22.7 Å². The van der Waals surface area contributed by atoms with Crippen LogP contribution in [0, 0.1) is 6.92 Å². The number of aromatic nitrogens is 2. The van der Waals surface area contributed by atoms with E-state index in [1.807, 2.05) is 60.7 Å². The lowest BCUT2D eigenvalue weighted by atomic mass is 9.98. The maximum atomic E-state index is 13.9. The second-order valence-electron chi connectivity index (χ2n) is 10.6. The predicted octanol–water partition coefficient (Wildman–Crippen LogP) is 5.32. The fourth-order valence-corrected chi connectivity index (χ4v) is 6.75. The molecule has 0 bridgehead atoms. The second kappa shape index (κ2) is 12.4. The van der Waals surface area contributed by atoms with Gasteiger partial charge in [0.05, 0.1) is 35.6 Å². The molecule has 0 radical (unpaired) electrons. The van der Waals surface area contributed by atoms with Gasteiger partial charge in [0.2, 0.25) is 11.8 Å². The van der Waals surface area contributed by atoms with Crippen LogP contribution in [0.4, 0.5) is 5.82 Å². The molecule has 42 heavy (non-hydrogen) atoms. The molecule has 1 saturated heterocycles. The number of hydrogen-bond donors (Lipinski definition) is 1. The lowest BCUT2D eigenvalue weighted by Crippen LogP contribution is -2.44. The van der Waals surface area contributed by atoms with Crippen molar-refractivity contribution in [3.63, 3.8) is 0 Å². The van der Waals surface area contributed by atoms with Crippen molar-refractivity contribution in [1.82, 2.24) is 15.1 Å². The third kappa shape index (κ3) is 5.80. The zero-order chi connectivity index (χ0) is 29.1. The Kier molecular flexibility index (Phi) is 8.30. The highest BCUT2D eigenvalue weighted by Crippen LogP contribution is 2.48. The Bertz CT molecular complexity index is 1560. The number of anilines is 1. The molecule has 8 nitrogen and oxygen atoms in total. The van der Waals surface area contributed by atoms with Crippen molar-refractivity contribution in [1.29, 1.82) is 0 Å². The number of rotatable bonds is 8. The monoisotopic (exact) mass is 582 g/mol. The Balaban J connectivity index is 1.51. The minimum Gasteiger partial charge on any atom is -0.497 e. The molecular formula is C33H34N4O4S. The van der Waals surface area contributed by atoms with E-state index in [1.54, 1.807) is 28.5 Å². The molecule has 4 aromatic rings. The van der Waals surface area contributed by atoms with Crippen molar-refractivity contribution in [2.75, 3.05) is 37.5 Å². The Morgan fingerprint density at radius 2 is 1.90 bits per heavy atom. The normalized spacial score (nSPS) is 18.4. The van der Waals surface area contributed by atoms with Gasteiger partial charge in [-0.3, -0.25) is 14.5 Å². The topological polar surface area (TPSA) is 85.7 Å². The number of nitrogens with zero attached hydrogens (tertiary/aromatic N) is 3. The predicted molar refractivity (Wildman–Crippen MR) is 165 cm³/mol. The molecule has 0 saturated carbocycles. The third-order valence-corrected chi connectivity index (χ3v) is 8.91. The number of fused-ring (bicyclic) bond motifs is 1. The molecule has 2 amide bonds. The molecule has 216 valence electrons.